The second-order valence-electron chi connectivity index (χ2n) is 4.94. The Morgan fingerprint density at radius 1 is 1.18 bits per heavy atom. The van der Waals surface area contributed by atoms with Gasteiger partial charge in [0.25, 0.3) is 0 Å². The van der Waals surface area contributed by atoms with Gasteiger partial charge in [-0.25, -0.2) is 4.98 Å². The van der Waals surface area contributed by atoms with E-state index in [0.717, 1.165) is 39.5 Å². The molecule has 0 saturated heterocycles. The zero-order valence-corrected chi connectivity index (χ0v) is 12.8. The summed E-state index contributed by atoms with van der Waals surface area (Å²) >= 11 is 0. The van der Waals surface area contributed by atoms with E-state index in [9.17, 15) is 0 Å². The number of hydrogen-bond acceptors (Lipinski definition) is 5. The first kappa shape index (κ1) is 14.2. The predicted molar refractivity (Wildman–Crippen MR) is 85.5 cm³/mol. The van der Waals surface area contributed by atoms with E-state index in [0.29, 0.717) is 6.54 Å². The zero-order chi connectivity index (χ0) is 15.5. The Balaban J connectivity index is 1.86. The monoisotopic (exact) mass is 298 g/mol. The number of H-pyrrole nitrogens is 1. The minimum absolute atomic E-state index is 0.581. The van der Waals surface area contributed by atoms with Crippen molar-refractivity contribution in [3.63, 3.8) is 0 Å². The first-order valence-corrected chi connectivity index (χ1v) is 6.97. The highest BCUT2D eigenvalue weighted by Crippen LogP contribution is 2.29. The molecule has 2 heterocycles. The fourth-order valence-corrected chi connectivity index (χ4v) is 2.41. The summed E-state index contributed by atoms with van der Waals surface area (Å²) in [6.07, 6.45) is 1.77. The SMILES string of the molecule is COc1cccc(OC)c1CNc1cnc2n[nH]c(C)c2c1. The van der Waals surface area contributed by atoms with Crippen molar-refractivity contribution in [1.29, 1.82) is 0 Å². The second-order valence-corrected chi connectivity index (χ2v) is 4.94. The van der Waals surface area contributed by atoms with Gasteiger partial charge in [-0.15, -0.1) is 0 Å². The molecule has 3 aromatic rings. The molecule has 0 bridgehead atoms. The number of fused-ring (bicyclic) bond motifs is 1. The number of hydrogen-bond donors (Lipinski definition) is 2. The Labute approximate surface area is 128 Å². The van der Waals surface area contributed by atoms with Gasteiger partial charge in [0.2, 0.25) is 0 Å². The van der Waals surface area contributed by atoms with E-state index < -0.39 is 0 Å². The molecule has 3 rings (SSSR count). The summed E-state index contributed by atoms with van der Waals surface area (Å²) in [6.45, 7) is 2.56. The molecule has 22 heavy (non-hydrogen) atoms. The molecular weight excluding hydrogens is 280 g/mol. The maximum atomic E-state index is 5.40. The summed E-state index contributed by atoms with van der Waals surface area (Å²) in [6, 6.07) is 7.77. The molecule has 0 radical (unpaired) electrons. The highest BCUT2D eigenvalue weighted by molar-refractivity contribution is 5.80. The van der Waals surface area contributed by atoms with Crippen LogP contribution in [0.1, 0.15) is 11.3 Å². The lowest BCUT2D eigenvalue weighted by Gasteiger charge is -2.14. The first-order chi connectivity index (χ1) is 10.7. The van der Waals surface area contributed by atoms with Gasteiger partial charge < -0.3 is 14.8 Å². The van der Waals surface area contributed by atoms with Gasteiger partial charge in [-0.3, -0.25) is 5.10 Å². The normalized spacial score (nSPS) is 10.7. The standard InChI is InChI=1S/C16H18N4O2/c1-10-12-7-11(8-18-16(12)20-19-10)17-9-13-14(21-2)5-4-6-15(13)22-3/h4-8,17H,9H2,1-3H3,(H,18,19,20). The van der Waals surface area contributed by atoms with E-state index in [-0.39, 0.29) is 0 Å². The molecule has 6 nitrogen and oxygen atoms in total. The number of anilines is 1. The zero-order valence-electron chi connectivity index (χ0n) is 12.8. The van der Waals surface area contributed by atoms with E-state index >= 15 is 0 Å². The lowest BCUT2D eigenvalue weighted by atomic mass is 10.1. The van der Waals surface area contributed by atoms with E-state index in [4.69, 9.17) is 9.47 Å². The minimum Gasteiger partial charge on any atom is -0.496 e. The van der Waals surface area contributed by atoms with Gasteiger partial charge in [-0.2, -0.15) is 5.10 Å². The summed E-state index contributed by atoms with van der Waals surface area (Å²) in [5, 5.41) is 11.4. The van der Waals surface area contributed by atoms with E-state index in [1.54, 1.807) is 20.4 Å². The van der Waals surface area contributed by atoms with Gasteiger partial charge >= 0.3 is 0 Å². The summed E-state index contributed by atoms with van der Waals surface area (Å²) in [7, 11) is 3.31. The van der Waals surface area contributed by atoms with Crippen LogP contribution < -0.4 is 14.8 Å². The van der Waals surface area contributed by atoms with Crippen LogP contribution in [0.3, 0.4) is 0 Å². The molecule has 6 heteroatoms. The van der Waals surface area contributed by atoms with Gasteiger partial charge in [0.15, 0.2) is 5.65 Å². The molecule has 1 aromatic carbocycles. The summed E-state index contributed by atoms with van der Waals surface area (Å²) in [4.78, 5) is 4.33. The first-order valence-electron chi connectivity index (χ1n) is 6.97. The van der Waals surface area contributed by atoms with Crippen LogP contribution in [0.5, 0.6) is 11.5 Å². The lowest BCUT2D eigenvalue weighted by molar-refractivity contribution is 0.386. The molecule has 0 atom stereocenters. The molecule has 0 aliphatic heterocycles. The van der Waals surface area contributed by atoms with Crippen molar-refractivity contribution in [2.75, 3.05) is 19.5 Å². The highest BCUT2D eigenvalue weighted by Gasteiger charge is 2.10. The van der Waals surface area contributed by atoms with Gasteiger partial charge in [0.1, 0.15) is 11.5 Å². The Bertz CT molecular complexity index is 776. The number of methoxy groups -OCH3 is 2. The molecule has 0 amide bonds. The third-order valence-corrected chi connectivity index (χ3v) is 3.60. The fourth-order valence-electron chi connectivity index (χ4n) is 2.41. The van der Waals surface area contributed by atoms with Crippen LogP contribution >= 0.6 is 0 Å². The van der Waals surface area contributed by atoms with Crippen LogP contribution in [0.4, 0.5) is 5.69 Å². The molecule has 0 fully saturated rings. The fraction of sp³-hybridized carbons (Fsp3) is 0.250. The number of ether oxygens (including phenoxy) is 2. The van der Waals surface area contributed by atoms with Crippen LogP contribution in [0, 0.1) is 6.92 Å². The van der Waals surface area contributed by atoms with Crippen LogP contribution in [0.2, 0.25) is 0 Å². The highest BCUT2D eigenvalue weighted by atomic mass is 16.5. The number of nitrogens with one attached hydrogen (secondary N) is 2. The Morgan fingerprint density at radius 3 is 2.59 bits per heavy atom. The molecule has 0 aliphatic carbocycles. The van der Waals surface area contributed by atoms with Gasteiger partial charge in [0.05, 0.1) is 31.7 Å². The lowest BCUT2D eigenvalue weighted by Crippen LogP contribution is -2.04. The molecule has 0 saturated carbocycles. The summed E-state index contributed by atoms with van der Waals surface area (Å²) < 4.78 is 10.8. The minimum atomic E-state index is 0.581. The predicted octanol–water partition coefficient (Wildman–Crippen LogP) is 2.90. The van der Waals surface area contributed by atoms with E-state index in [2.05, 4.69) is 20.5 Å². The third kappa shape index (κ3) is 2.55. The Kier molecular flexibility index (Phi) is 3.82. The summed E-state index contributed by atoms with van der Waals surface area (Å²) in [5.41, 5.74) is 3.61. The van der Waals surface area contributed by atoms with Crippen molar-refractivity contribution < 1.29 is 9.47 Å². The molecule has 0 spiro atoms. The van der Waals surface area contributed by atoms with Crippen molar-refractivity contribution in [1.82, 2.24) is 15.2 Å². The molecule has 0 aliphatic rings. The Morgan fingerprint density at radius 2 is 1.91 bits per heavy atom. The number of benzene rings is 1. The second kappa shape index (κ2) is 5.93. The number of rotatable bonds is 5. The van der Waals surface area contributed by atoms with E-state index in [1.807, 2.05) is 31.2 Å². The van der Waals surface area contributed by atoms with Gasteiger partial charge in [-0.05, 0) is 25.1 Å². The largest absolute Gasteiger partial charge is 0.496 e. The number of aromatic nitrogens is 3. The molecule has 114 valence electrons. The van der Waals surface area contributed by atoms with Crippen molar-refractivity contribution in [3.05, 3.63) is 41.7 Å². The van der Waals surface area contributed by atoms with Gasteiger partial charge in [0, 0.05) is 17.6 Å². The molecule has 0 unspecified atom stereocenters. The Hall–Kier alpha value is -2.76. The number of nitrogens with zero attached hydrogens (tertiary/aromatic N) is 2. The average Bonchev–Trinajstić information content (AvgIpc) is 2.93. The topological polar surface area (TPSA) is 72.1 Å². The smallest absolute Gasteiger partial charge is 0.181 e. The van der Waals surface area contributed by atoms with Crippen molar-refractivity contribution in [2.45, 2.75) is 13.5 Å². The average molecular weight is 298 g/mol. The van der Waals surface area contributed by atoms with Crippen LogP contribution in [-0.2, 0) is 6.54 Å². The molecule has 2 aromatic heterocycles. The summed E-state index contributed by atoms with van der Waals surface area (Å²) in [5.74, 6) is 1.58. The maximum absolute atomic E-state index is 5.40. The number of aromatic amines is 1. The van der Waals surface area contributed by atoms with E-state index in [1.165, 1.54) is 0 Å². The van der Waals surface area contributed by atoms with Crippen LogP contribution in [-0.4, -0.2) is 29.4 Å². The van der Waals surface area contributed by atoms with Crippen LogP contribution in [0.15, 0.2) is 30.5 Å². The van der Waals surface area contributed by atoms with Gasteiger partial charge in [-0.1, -0.05) is 6.07 Å². The van der Waals surface area contributed by atoms with Crippen molar-refractivity contribution in [2.24, 2.45) is 0 Å². The quantitative estimate of drug-likeness (QED) is 0.758. The van der Waals surface area contributed by atoms with Crippen molar-refractivity contribution >= 4 is 16.7 Å². The number of pyridine rings is 1. The van der Waals surface area contributed by atoms with Crippen LogP contribution in [0.25, 0.3) is 11.0 Å². The third-order valence-electron chi connectivity index (χ3n) is 3.60. The molecular formula is C16H18N4O2. The van der Waals surface area contributed by atoms with Crippen molar-refractivity contribution in [3.8, 4) is 11.5 Å². The maximum Gasteiger partial charge on any atom is 0.181 e. The molecule has 2 N–H and O–H groups in total. The number of aryl methyl sites for hydroxylation is 1.